The lowest BCUT2D eigenvalue weighted by Gasteiger charge is -2.34. The fraction of sp³-hybridized carbons (Fsp3) is 0.159. The van der Waals surface area contributed by atoms with E-state index in [1.807, 2.05) is 97.9 Å². The van der Waals surface area contributed by atoms with Crippen molar-refractivity contribution in [3.63, 3.8) is 0 Å². The number of hydrogen-bond donors (Lipinski definition) is 0. The molecule has 0 saturated carbocycles. The highest BCUT2D eigenvalue weighted by Crippen LogP contribution is 2.47. The summed E-state index contributed by atoms with van der Waals surface area (Å²) in [6, 6.07) is 40.5. The van der Waals surface area contributed by atoms with Gasteiger partial charge in [-0.25, -0.2) is 4.98 Å². The van der Waals surface area contributed by atoms with Crippen LogP contribution < -0.4 is 0 Å². The zero-order valence-corrected chi connectivity index (χ0v) is 30.9. The Morgan fingerprint density at radius 1 is 0.786 bits per heavy atom. The molecule has 5 aromatic carbocycles. The molecule has 0 fully saturated rings. The zero-order chi connectivity index (χ0) is 38.9. The summed E-state index contributed by atoms with van der Waals surface area (Å²) in [5, 5.41) is 14.0. The zero-order valence-electron chi connectivity index (χ0n) is 30.1. The molecule has 0 N–H and O–H groups in total. The number of alkyl halides is 3. The van der Waals surface area contributed by atoms with E-state index in [9.17, 15) is 4.79 Å². The first kappa shape index (κ1) is 36.6. The summed E-state index contributed by atoms with van der Waals surface area (Å²) in [6.07, 6.45) is -1.93. The number of carbonyl (C=O) groups excluding carboxylic acids is 1. The van der Waals surface area contributed by atoms with Gasteiger partial charge in [-0.1, -0.05) is 146 Å². The van der Waals surface area contributed by atoms with Gasteiger partial charge in [0.05, 0.1) is 0 Å². The van der Waals surface area contributed by atoms with Gasteiger partial charge in [0.15, 0.2) is 17.0 Å². The highest BCUT2D eigenvalue weighted by atomic mass is 35.5. The standard InChI is InChI=1S/C44H34ClF3N6O2/c1-2-3-23-38-49-41(45)36(28-55)53(38)27-29-24-25-37-35(26-29)39(44(46,47)48)40(56-37)33-21-13-14-22-34(33)42-50-52-54(51-42)43(30-15-7-4-8-16-30,31-17-9-5-10-18-31)32-19-11-6-12-20-32/h4-22,24-26,28H,2-3,23,27H2,1H3. The van der Waals surface area contributed by atoms with Crippen molar-refractivity contribution in [2.24, 2.45) is 0 Å². The Morgan fingerprint density at radius 2 is 1.38 bits per heavy atom. The quantitative estimate of drug-likeness (QED) is 0.0907. The van der Waals surface area contributed by atoms with Crippen molar-refractivity contribution >= 4 is 28.9 Å². The first-order chi connectivity index (χ1) is 27.2. The van der Waals surface area contributed by atoms with Crippen molar-refractivity contribution in [3.8, 4) is 22.7 Å². The lowest BCUT2D eigenvalue weighted by atomic mass is 9.77. The number of unbranched alkanes of at least 4 members (excludes halogenated alkanes) is 1. The summed E-state index contributed by atoms with van der Waals surface area (Å²) in [4.78, 5) is 17.9. The van der Waals surface area contributed by atoms with Gasteiger partial charge in [-0.3, -0.25) is 4.79 Å². The van der Waals surface area contributed by atoms with E-state index in [1.165, 1.54) is 16.9 Å². The number of benzene rings is 5. The molecule has 0 atom stereocenters. The molecule has 0 aliphatic heterocycles. The minimum absolute atomic E-state index is 0.0456. The predicted octanol–water partition coefficient (Wildman–Crippen LogP) is 10.7. The third-order valence-corrected chi connectivity index (χ3v) is 10.3. The van der Waals surface area contributed by atoms with Crippen LogP contribution in [0, 0.1) is 0 Å². The molecule has 8 nitrogen and oxygen atoms in total. The Morgan fingerprint density at radius 3 is 1.95 bits per heavy atom. The second-order valence-electron chi connectivity index (χ2n) is 13.4. The van der Waals surface area contributed by atoms with Gasteiger partial charge in [-0.05, 0) is 46.0 Å². The average Bonchev–Trinajstić information content (AvgIpc) is 3.94. The van der Waals surface area contributed by atoms with Crippen molar-refractivity contribution in [2.45, 2.75) is 44.4 Å². The highest BCUT2D eigenvalue weighted by Gasteiger charge is 2.42. The van der Waals surface area contributed by atoms with Crippen LogP contribution in [0.2, 0.25) is 5.15 Å². The fourth-order valence-electron chi connectivity index (χ4n) is 7.42. The number of nitrogens with zero attached hydrogens (tertiary/aromatic N) is 6. The number of hydrogen-bond acceptors (Lipinski definition) is 6. The van der Waals surface area contributed by atoms with E-state index >= 15 is 13.2 Å². The van der Waals surface area contributed by atoms with Crippen molar-refractivity contribution in [1.29, 1.82) is 0 Å². The van der Waals surface area contributed by atoms with Crippen LogP contribution in [0.1, 0.15) is 63.9 Å². The van der Waals surface area contributed by atoms with E-state index < -0.39 is 17.3 Å². The first-order valence-corrected chi connectivity index (χ1v) is 18.5. The fourth-order valence-corrected chi connectivity index (χ4v) is 7.66. The second kappa shape index (κ2) is 15.1. The summed E-state index contributed by atoms with van der Waals surface area (Å²) in [5.41, 5.74) is 1.74. The smallest absolute Gasteiger partial charge is 0.420 e. The number of imidazole rings is 1. The van der Waals surface area contributed by atoms with Crippen molar-refractivity contribution < 1.29 is 22.4 Å². The molecule has 12 heteroatoms. The molecule has 0 aliphatic carbocycles. The lowest BCUT2D eigenvalue weighted by molar-refractivity contribution is -0.136. The van der Waals surface area contributed by atoms with E-state index in [-0.39, 0.29) is 45.5 Å². The minimum Gasteiger partial charge on any atom is -0.455 e. The molecule has 0 unspecified atom stereocenters. The largest absolute Gasteiger partial charge is 0.455 e. The number of carbonyl (C=O) groups is 1. The molecule has 3 aromatic heterocycles. The van der Waals surface area contributed by atoms with Gasteiger partial charge in [0.2, 0.25) is 5.82 Å². The Bertz CT molecular complexity index is 2540. The number of aromatic nitrogens is 6. The number of rotatable bonds is 12. The molecule has 8 rings (SSSR count). The monoisotopic (exact) mass is 770 g/mol. The molecule has 280 valence electrons. The van der Waals surface area contributed by atoms with Crippen molar-refractivity contribution in [3.05, 3.63) is 178 Å². The van der Waals surface area contributed by atoms with Crippen LogP contribution in [-0.4, -0.2) is 36.0 Å². The van der Waals surface area contributed by atoms with E-state index in [1.54, 1.807) is 34.9 Å². The number of furan rings is 1. The number of fused-ring (bicyclic) bond motifs is 1. The Hall–Kier alpha value is -6.33. The Kier molecular flexibility index (Phi) is 9.86. The summed E-state index contributed by atoms with van der Waals surface area (Å²) >= 11 is 6.29. The van der Waals surface area contributed by atoms with Gasteiger partial charge in [0.1, 0.15) is 28.4 Å². The maximum absolute atomic E-state index is 15.3. The third-order valence-electron chi connectivity index (χ3n) is 9.98. The van der Waals surface area contributed by atoms with Gasteiger partial charge in [-0.2, -0.15) is 13.2 Å². The van der Waals surface area contributed by atoms with Gasteiger partial charge >= 0.3 is 6.18 Å². The summed E-state index contributed by atoms with van der Waals surface area (Å²) < 4.78 is 53.5. The van der Waals surface area contributed by atoms with Gasteiger partial charge in [0.25, 0.3) is 0 Å². The Balaban J connectivity index is 1.27. The number of aryl methyl sites for hydroxylation is 1. The van der Waals surface area contributed by atoms with Crippen molar-refractivity contribution in [1.82, 2.24) is 29.8 Å². The molecule has 0 aliphatic rings. The number of halogens is 4. The van der Waals surface area contributed by atoms with Crippen LogP contribution in [0.15, 0.2) is 138 Å². The third kappa shape index (κ3) is 6.47. The van der Waals surface area contributed by atoms with Gasteiger partial charge in [-0.15, -0.1) is 15.0 Å². The van der Waals surface area contributed by atoms with Crippen LogP contribution in [0.25, 0.3) is 33.7 Å². The van der Waals surface area contributed by atoms with Crippen molar-refractivity contribution in [2.75, 3.05) is 0 Å². The average molecular weight is 771 g/mol. The first-order valence-electron chi connectivity index (χ1n) is 18.1. The van der Waals surface area contributed by atoms with Crippen LogP contribution in [-0.2, 0) is 24.7 Å². The summed E-state index contributed by atoms with van der Waals surface area (Å²) in [7, 11) is 0. The molecule has 56 heavy (non-hydrogen) atoms. The molecule has 3 heterocycles. The topological polar surface area (TPSA) is 91.6 Å². The predicted molar refractivity (Wildman–Crippen MR) is 208 cm³/mol. The van der Waals surface area contributed by atoms with E-state index in [2.05, 4.69) is 15.3 Å². The molecule has 0 bridgehead atoms. The molecule has 0 spiro atoms. The Labute approximate surface area is 325 Å². The normalized spacial score (nSPS) is 12.0. The number of aldehydes is 1. The molecular formula is C44H34ClF3N6O2. The molecule has 8 aromatic rings. The second-order valence-corrected chi connectivity index (χ2v) is 13.8. The molecule has 0 amide bonds. The van der Waals surface area contributed by atoms with Crippen LogP contribution in [0.5, 0.6) is 0 Å². The number of tetrazole rings is 1. The SMILES string of the molecule is CCCCc1nc(Cl)c(C=O)n1Cc1ccc2oc(-c3ccccc3-c3nnn(C(c4ccccc4)(c4ccccc4)c4ccccc4)n3)c(C(F)(F)F)c2c1. The van der Waals surface area contributed by atoms with Crippen LogP contribution in [0.3, 0.4) is 0 Å². The summed E-state index contributed by atoms with van der Waals surface area (Å²) in [6.45, 7) is 2.12. The highest BCUT2D eigenvalue weighted by molar-refractivity contribution is 6.31. The summed E-state index contributed by atoms with van der Waals surface area (Å²) in [5.74, 6) is 0.327. The van der Waals surface area contributed by atoms with Gasteiger partial charge < -0.3 is 8.98 Å². The lowest BCUT2D eigenvalue weighted by Crippen LogP contribution is -2.39. The minimum atomic E-state index is -4.81. The van der Waals surface area contributed by atoms with E-state index in [0.29, 0.717) is 29.7 Å². The molecular weight excluding hydrogens is 737 g/mol. The van der Waals surface area contributed by atoms with E-state index in [0.717, 1.165) is 29.5 Å². The van der Waals surface area contributed by atoms with Crippen LogP contribution >= 0.6 is 11.6 Å². The maximum Gasteiger partial charge on any atom is 0.420 e. The maximum atomic E-state index is 15.3. The van der Waals surface area contributed by atoms with Crippen LogP contribution in [0.4, 0.5) is 13.2 Å². The molecule has 0 radical (unpaired) electrons. The van der Waals surface area contributed by atoms with E-state index in [4.69, 9.17) is 21.1 Å². The molecule has 0 saturated heterocycles. The van der Waals surface area contributed by atoms with Gasteiger partial charge in [0, 0.05) is 29.5 Å².